The minimum absolute atomic E-state index is 0.679. The highest BCUT2D eigenvalue weighted by molar-refractivity contribution is 6.31. The Kier molecular flexibility index (Phi) is 2.54. The number of fused-ring (bicyclic) bond motifs is 1. The van der Waals surface area contributed by atoms with Gasteiger partial charge in [-0.25, -0.2) is 4.98 Å². The van der Waals surface area contributed by atoms with E-state index in [2.05, 4.69) is 4.98 Å². The maximum atomic E-state index is 5.99. The predicted molar refractivity (Wildman–Crippen MR) is 70.6 cm³/mol. The Morgan fingerprint density at radius 1 is 1.00 bits per heavy atom. The van der Waals surface area contributed by atoms with Gasteiger partial charge in [-0.1, -0.05) is 35.3 Å². The first-order chi connectivity index (χ1) is 8.24. The van der Waals surface area contributed by atoms with Gasteiger partial charge in [-0.3, -0.25) is 4.40 Å². The molecule has 0 saturated carbocycles. The highest BCUT2D eigenvalue weighted by Gasteiger charge is 2.06. The molecule has 0 bridgehead atoms. The Morgan fingerprint density at radius 3 is 2.71 bits per heavy atom. The lowest BCUT2D eigenvalue weighted by molar-refractivity contribution is 1.16. The number of aromatic nitrogens is 2. The summed E-state index contributed by atoms with van der Waals surface area (Å²) < 4.78 is 1.95. The van der Waals surface area contributed by atoms with Crippen molar-refractivity contribution in [1.82, 2.24) is 9.38 Å². The summed E-state index contributed by atoms with van der Waals surface area (Å²) in [6, 6.07) is 11.4. The van der Waals surface area contributed by atoms with Crippen LogP contribution >= 0.6 is 23.2 Å². The lowest BCUT2D eigenvalue weighted by Crippen LogP contribution is -1.88. The lowest BCUT2D eigenvalue weighted by Gasteiger charge is -2.02. The summed E-state index contributed by atoms with van der Waals surface area (Å²) in [5.74, 6) is 0.838. The van der Waals surface area contributed by atoms with Crippen LogP contribution in [0.4, 0.5) is 0 Å². The third-order valence-electron chi connectivity index (χ3n) is 2.57. The average molecular weight is 263 g/mol. The summed E-state index contributed by atoms with van der Waals surface area (Å²) in [5, 5.41) is 1.38. The lowest BCUT2D eigenvalue weighted by atomic mass is 10.2. The van der Waals surface area contributed by atoms with Gasteiger partial charge in [0.1, 0.15) is 5.82 Å². The van der Waals surface area contributed by atoms with E-state index < -0.39 is 0 Å². The van der Waals surface area contributed by atoms with Gasteiger partial charge in [0.2, 0.25) is 0 Å². The zero-order valence-electron chi connectivity index (χ0n) is 8.77. The predicted octanol–water partition coefficient (Wildman–Crippen LogP) is 4.31. The van der Waals surface area contributed by atoms with E-state index in [1.54, 1.807) is 0 Å². The second-order valence-corrected chi connectivity index (χ2v) is 4.61. The monoisotopic (exact) mass is 262 g/mol. The van der Waals surface area contributed by atoms with Crippen LogP contribution in [-0.4, -0.2) is 9.38 Å². The van der Waals surface area contributed by atoms with Gasteiger partial charge in [-0.15, -0.1) is 0 Å². The molecule has 0 amide bonds. The molecule has 0 spiro atoms. The average Bonchev–Trinajstić information content (AvgIpc) is 2.71. The normalized spacial score (nSPS) is 10.9. The van der Waals surface area contributed by atoms with Crippen LogP contribution in [0.2, 0.25) is 10.0 Å². The van der Waals surface area contributed by atoms with Gasteiger partial charge in [0.25, 0.3) is 0 Å². The van der Waals surface area contributed by atoms with E-state index in [1.807, 2.05) is 53.2 Å². The van der Waals surface area contributed by atoms with Crippen molar-refractivity contribution in [2.24, 2.45) is 0 Å². The van der Waals surface area contributed by atoms with Crippen LogP contribution in [-0.2, 0) is 0 Å². The molecular formula is C13H8Cl2N2. The number of pyridine rings is 1. The molecular weight excluding hydrogens is 255 g/mol. The topological polar surface area (TPSA) is 17.3 Å². The summed E-state index contributed by atoms with van der Waals surface area (Å²) >= 11 is 12.0. The van der Waals surface area contributed by atoms with Gasteiger partial charge < -0.3 is 0 Å². The molecule has 17 heavy (non-hydrogen) atoms. The van der Waals surface area contributed by atoms with Crippen molar-refractivity contribution in [1.29, 1.82) is 0 Å². The van der Waals surface area contributed by atoms with E-state index >= 15 is 0 Å². The number of hydrogen-bond acceptors (Lipinski definition) is 1. The van der Waals surface area contributed by atoms with Crippen LogP contribution in [0, 0.1) is 0 Å². The molecule has 2 aromatic heterocycles. The van der Waals surface area contributed by atoms with E-state index in [4.69, 9.17) is 23.2 Å². The first-order valence-electron chi connectivity index (χ1n) is 5.12. The van der Waals surface area contributed by atoms with E-state index in [-0.39, 0.29) is 0 Å². The fourth-order valence-electron chi connectivity index (χ4n) is 1.81. The number of imidazole rings is 1. The molecule has 2 nitrogen and oxygen atoms in total. The highest BCUT2D eigenvalue weighted by atomic mass is 35.5. The summed E-state index contributed by atoms with van der Waals surface area (Å²) in [6.07, 6.45) is 3.66. The molecule has 2 heterocycles. The van der Waals surface area contributed by atoms with Crippen molar-refractivity contribution in [2.45, 2.75) is 0 Å². The largest absolute Gasteiger partial charge is 0.298 e. The third kappa shape index (κ3) is 1.90. The Labute approximate surface area is 108 Å². The maximum absolute atomic E-state index is 5.99. The Balaban J connectivity index is 2.27. The van der Waals surface area contributed by atoms with Crippen LogP contribution in [0.3, 0.4) is 0 Å². The fourth-order valence-corrected chi connectivity index (χ4v) is 2.16. The minimum Gasteiger partial charge on any atom is -0.298 e. The smallest absolute Gasteiger partial charge is 0.144 e. The molecule has 0 aliphatic carbocycles. The second kappa shape index (κ2) is 4.06. The third-order valence-corrected chi connectivity index (χ3v) is 3.03. The molecule has 0 saturated heterocycles. The van der Waals surface area contributed by atoms with Crippen molar-refractivity contribution < 1.29 is 0 Å². The molecule has 0 aliphatic rings. The van der Waals surface area contributed by atoms with Crippen LogP contribution in [0.25, 0.3) is 16.9 Å². The summed E-state index contributed by atoms with van der Waals surface area (Å²) in [6.45, 7) is 0. The molecule has 0 radical (unpaired) electrons. The molecule has 1 aromatic carbocycles. The SMILES string of the molecule is Clc1cccc(-c2ncc3ccc(Cl)cn23)c1. The van der Waals surface area contributed by atoms with Gasteiger partial charge in [-0.05, 0) is 24.3 Å². The van der Waals surface area contributed by atoms with E-state index in [0.717, 1.165) is 16.9 Å². The second-order valence-electron chi connectivity index (χ2n) is 3.73. The van der Waals surface area contributed by atoms with E-state index in [1.165, 1.54) is 0 Å². The quantitative estimate of drug-likeness (QED) is 0.639. The standard InChI is InChI=1S/C13H8Cl2N2/c14-10-3-1-2-9(6-10)13-16-7-12-5-4-11(15)8-17(12)13/h1-8H. The van der Waals surface area contributed by atoms with Crippen LogP contribution < -0.4 is 0 Å². The van der Waals surface area contributed by atoms with Gasteiger partial charge in [0.15, 0.2) is 0 Å². The number of benzene rings is 1. The number of rotatable bonds is 1. The summed E-state index contributed by atoms with van der Waals surface area (Å²) in [4.78, 5) is 4.39. The zero-order chi connectivity index (χ0) is 11.8. The van der Waals surface area contributed by atoms with Crippen LogP contribution in [0.5, 0.6) is 0 Å². The summed E-state index contributed by atoms with van der Waals surface area (Å²) in [7, 11) is 0. The van der Waals surface area contributed by atoms with Gasteiger partial charge in [0, 0.05) is 16.8 Å². The minimum atomic E-state index is 0.679. The van der Waals surface area contributed by atoms with E-state index in [9.17, 15) is 0 Å². The fraction of sp³-hybridized carbons (Fsp3) is 0. The van der Waals surface area contributed by atoms with Crippen molar-refractivity contribution >= 4 is 28.7 Å². The Hall–Kier alpha value is -1.51. The first kappa shape index (κ1) is 10.6. The molecule has 0 fully saturated rings. The molecule has 0 N–H and O–H groups in total. The molecule has 84 valence electrons. The zero-order valence-corrected chi connectivity index (χ0v) is 10.3. The van der Waals surface area contributed by atoms with Crippen LogP contribution in [0.15, 0.2) is 48.8 Å². The molecule has 4 heteroatoms. The Morgan fingerprint density at radius 2 is 1.88 bits per heavy atom. The molecule has 0 aliphatic heterocycles. The highest BCUT2D eigenvalue weighted by Crippen LogP contribution is 2.23. The molecule has 0 atom stereocenters. The molecule has 0 unspecified atom stereocenters. The van der Waals surface area contributed by atoms with Gasteiger partial charge in [-0.2, -0.15) is 0 Å². The number of hydrogen-bond donors (Lipinski definition) is 0. The number of nitrogens with zero attached hydrogens (tertiary/aromatic N) is 2. The molecule has 3 aromatic rings. The first-order valence-corrected chi connectivity index (χ1v) is 5.88. The van der Waals surface area contributed by atoms with Crippen molar-refractivity contribution in [2.75, 3.05) is 0 Å². The van der Waals surface area contributed by atoms with Crippen molar-refractivity contribution in [3.05, 3.63) is 58.8 Å². The van der Waals surface area contributed by atoms with Crippen molar-refractivity contribution in [3.63, 3.8) is 0 Å². The Bertz CT molecular complexity index is 689. The van der Waals surface area contributed by atoms with Crippen LogP contribution in [0.1, 0.15) is 0 Å². The maximum Gasteiger partial charge on any atom is 0.144 e. The van der Waals surface area contributed by atoms with Gasteiger partial charge >= 0.3 is 0 Å². The number of halogens is 2. The van der Waals surface area contributed by atoms with E-state index in [0.29, 0.717) is 10.0 Å². The molecule has 3 rings (SSSR count). The van der Waals surface area contributed by atoms with Gasteiger partial charge in [0.05, 0.1) is 16.7 Å². The summed E-state index contributed by atoms with van der Waals surface area (Å²) in [5.41, 5.74) is 1.98. The van der Waals surface area contributed by atoms with Crippen molar-refractivity contribution in [3.8, 4) is 11.4 Å².